The summed E-state index contributed by atoms with van der Waals surface area (Å²) in [6, 6.07) is 0. The molecule has 3 heteroatoms. The lowest BCUT2D eigenvalue weighted by Gasteiger charge is -2.01. The lowest BCUT2D eigenvalue weighted by atomic mass is 10.1. The van der Waals surface area contributed by atoms with Crippen molar-refractivity contribution >= 4 is 5.97 Å². The second-order valence-corrected chi connectivity index (χ2v) is 3.49. The minimum Gasteiger partial charge on any atom is -0.497 e. The van der Waals surface area contributed by atoms with Crippen LogP contribution < -0.4 is 0 Å². The Bertz CT molecular complexity index is 247. The largest absolute Gasteiger partial charge is 0.497 e. The number of esters is 1. The Kier molecular flexibility index (Phi) is 2.25. The molecule has 2 aliphatic rings. The molecule has 2 heterocycles. The number of allylic oxidation sites excluding steroid dienone is 1. The van der Waals surface area contributed by atoms with Crippen LogP contribution >= 0.6 is 0 Å². The molecule has 0 N–H and O–H groups in total. The molecule has 2 saturated heterocycles. The number of rotatable bonds is 1. The minimum atomic E-state index is -0.163. The third-order valence-corrected chi connectivity index (χ3v) is 2.57. The van der Waals surface area contributed by atoms with Gasteiger partial charge in [0.1, 0.15) is 11.9 Å². The standard InChI is InChI=1S/C10H14O3/c1-2-7-6-8(10(11)13-7)9-4-3-5-12-9/h7H,2-6H2,1H3/b9-8+. The number of hydrogen-bond donors (Lipinski definition) is 0. The van der Waals surface area contributed by atoms with E-state index in [1.165, 1.54) is 0 Å². The van der Waals surface area contributed by atoms with E-state index in [0.717, 1.165) is 43.6 Å². The molecule has 0 radical (unpaired) electrons. The normalized spacial score (nSPS) is 33.3. The second kappa shape index (κ2) is 3.40. The molecule has 0 spiro atoms. The molecule has 0 saturated carbocycles. The average molecular weight is 182 g/mol. The Labute approximate surface area is 77.7 Å². The van der Waals surface area contributed by atoms with Crippen molar-refractivity contribution in [3.63, 3.8) is 0 Å². The van der Waals surface area contributed by atoms with Crippen molar-refractivity contribution in [2.45, 2.75) is 38.7 Å². The van der Waals surface area contributed by atoms with E-state index >= 15 is 0 Å². The van der Waals surface area contributed by atoms with Crippen molar-refractivity contribution in [2.24, 2.45) is 0 Å². The van der Waals surface area contributed by atoms with Crippen LogP contribution in [0.2, 0.25) is 0 Å². The molecule has 2 aliphatic heterocycles. The molecule has 2 rings (SSSR count). The van der Waals surface area contributed by atoms with Gasteiger partial charge in [0, 0.05) is 12.8 Å². The van der Waals surface area contributed by atoms with Crippen molar-refractivity contribution in [3.05, 3.63) is 11.3 Å². The minimum absolute atomic E-state index is 0.0826. The van der Waals surface area contributed by atoms with Gasteiger partial charge in [-0.3, -0.25) is 0 Å². The highest BCUT2D eigenvalue weighted by Gasteiger charge is 2.32. The van der Waals surface area contributed by atoms with Gasteiger partial charge in [-0.1, -0.05) is 6.92 Å². The van der Waals surface area contributed by atoms with Crippen LogP contribution in [0, 0.1) is 0 Å². The van der Waals surface area contributed by atoms with Gasteiger partial charge in [-0.25, -0.2) is 4.79 Å². The maximum absolute atomic E-state index is 11.4. The van der Waals surface area contributed by atoms with E-state index in [1.807, 2.05) is 6.92 Å². The van der Waals surface area contributed by atoms with Crippen molar-refractivity contribution < 1.29 is 14.3 Å². The first-order valence-electron chi connectivity index (χ1n) is 4.87. The van der Waals surface area contributed by atoms with Gasteiger partial charge in [0.2, 0.25) is 0 Å². The zero-order valence-electron chi connectivity index (χ0n) is 7.84. The van der Waals surface area contributed by atoms with Crippen LogP contribution in [0.5, 0.6) is 0 Å². The van der Waals surface area contributed by atoms with E-state index < -0.39 is 0 Å². The molecule has 3 nitrogen and oxygen atoms in total. The highest BCUT2D eigenvalue weighted by atomic mass is 16.6. The van der Waals surface area contributed by atoms with Crippen molar-refractivity contribution in [1.29, 1.82) is 0 Å². The Hall–Kier alpha value is -0.990. The van der Waals surface area contributed by atoms with Gasteiger partial charge in [0.05, 0.1) is 12.2 Å². The Morgan fingerprint density at radius 3 is 2.92 bits per heavy atom. The van der Waals surface area contributed by atoms with E-state index in [0.29, 0.717) is 0 Å². The van der Waals surface area contributed by atoms with E-state index in [-0.39, 0.29) is 12.1 Å². The van der Waals surface area contributed by atoms with Gasteiger partial charge in [-0.2, -0.15) is 0 Å². The fourth-order valence-corrected chi connectivity index (χ4v) is 1.77. The number of ether oxygens (including phenoxy) is 2. The fraction of sp³-hybridized carbons (Fsp3) is 0.700. The average Bonchev–Trinajstić information content (AvgIpc) is 2.72. The maximum atomic E-state index is 11.4. The number of carbonyl (C=O) groups excluding carboxylic acids is 1. The van der Waals surface area contributed by atoms with E-state index in [1.54, 1.807) is 0 Å². The van der Waals surface area contributed by atoms with Crippen LogP contribution in [-0.4, -0.2) is 18.7 Å². The van der Waals surface area contributed by atoms with E-state index in [2.05, 4.69) is 0 Å². The molecule has 0 aliphatic carbocycles. The second-order valence-electron chi connectivity index (χ2n) is 3.49. The van der Waals surface area contributed by atoms with Gasteiger partial charge >= 0.3 is 5.97 Å². The smallest absolute Gasteiger partial charge is 0.337 e. The van der Waals surface area contributed by atoms with Crippen molar-refractivity contribution in [1.82, 2.24) is 0 Å². The summed E-state index contributed by atoms with van der Waals surface area (Å²) in [5.41, 5.74) is 0.782. The molecule has 0 aromatic carbocycles. The number of hydrogen-bond acceptors (Lipinski definition) is 3. The first-order valence-corrected chi connectivity index (χ1v) is 4.87. The topological polar surface area (TPSA) is 35.5 Å². The van der Waals surface area contributed by atoms with E-state index in [9.17, 15) is 4.79 Å². The van der Waals surface area contributed by atoms with Gasteiger partial charge in [0.25, 0.3) is 0 Å². The van der Waals surface area contributed by atoms with Crippen molar-refractivity contribution in [3.8, 4) is 0 Å². The fourth-order valence-electron chi connectivity index (χ4n) is 1.77. The first kappa shape index (κ1) is 8.60. The maximum Gasteiger partial charge on any atom is 0.337 e. The molecule has 0 amide bonds. The zero-order chi connectivity index (χ0) is 9.26. The molecule has 0 bridgehead atoms. The molecule has 0 aromatic rings. The summed E-state index contributed by atoms with van der Waals surface area (Å²) in [5.74, 6) is 0.713. The molecule has 2 fully saturated rings. The summed E-state index contributed by atoms with van der Waals surface area (Å²) >= 11 is 0. The first-order chi connectivity index (χ1) is 6.31. The molecular weight excluding hydrogens is 168 g/mol. The monoisotopic (exact) mass is 182 g/mol. The quantitative estimate of drug-likeness (QED) is 0.458. The van der Waals surface area contributed by atoms with Crippen molar-refractivity contribution in [2.75, 3.05) is 6.61 Å². The zero-order valence-corrected chi connectivity index (χ0v) is 7.84. The summed E-state index contributed by atoms with van der Waals surface area (Å²) in [5, 5.41) is 0. The lowest BCUT2D eigenvalue weighted by Crippen LogP contribution is -2.03. The third-order valence-electron chi connectivity index (χ3n) is 2.57. The van der Waals surface area contributed by atoms with Crippen LogP contribution in [0.1, 0.15) is 32.6 Å². The van der Waals surface area contributed by atoms with Gasteiger partial charge in [0.15, 0.2) is 0 Å². The molecule has 0 aromatic heterocycles. The van der Waals surface area contributed by atoms with E-state index in [4.69, 9.17) is 9.47 Å². The Balaban J connectivity index is 2.15. The Morgan fingerprint density at radius 2 is 2.38 bits per heavy atom. The predicted molar refractivity (Wildman–Crippen MR) is 47.0 cm³/mol. The summed E-state index contributed by atoms with van der Waals surface area (Å²) in [4.78, 5) is 11.4. The number of carbonyl (C=O) groups is 1. The summed E-state index contributed by atoms with van der Waals surface area (Å²) in [6.07, 6.45) is 3.65. The van der Waals surface area contributed by atoms with Crippen LogP contribution in [0.3, 0.4) is 0 Å². The molecule has 1 unspecified atom stereocenters. The Morgan fingerprint density at radius 1 is 1.54 bits per heavy atom. The number of cyclic esters (lactones) is 1. The van der Waals surface area contributed by atoms with Gasteiger partial charge in [-0.15, -0.1) is 0 Å². The van der Waals surface area contributed by atoms with Gasteiger partial charge < -0.3 is 9.47 Å². The summed E-state index contributed by atoms with van der Waals surface area (Å²) in [7, 11) is 0. The van der Waals surface area contributed by atoms with Crippen LogP contribution in [0.4, 0.5) is 0 Å². The van der Waals surface area contributed by atoms with Crippen LogP contribution in [0.25, 0.3) is 0 Å². The van der Waals surface area contributed by atoms with Crippen LogP contribution in [-0.2, 0) is 14.3 Å². The highest BCUT2D eigenvalue weighted by Crippen LogP contribution is 2.30. The molecule has 13 heavy (non-hydrogen) atoms. The SMILES string of the molecule is CCC1C/C(=C2/CCCO2)C(=O)O1. The summed E-state index contributed by atoms with van der Waals surface area (Å²) in [6.45, 7) is 2.78. The highest BCUT2D eigenvalue weighted by molar-refractivity contribution is 5.91. The lowest BCUT2D eigenvalue weighted by molar-refractivity contribution is -0.139. The molecule has 72 valence electrons. The predicted octanol–water partition coefficient (Wildman–Crippen LogP) is 1.78. The molecular formula is C10H14O3. The van der Waals surface area contributed by atoms with Crippen LogP contribution in [0.15, 0.2) is 11.3 Å². The third kappa shape index (κ3) is 1.55. The van der Waals surface area contributed by atoms with Gasteiger partial charge in [-0.05, 0) is 12.8 Å². The summed E-state index contributed by atoms with van der Waals surface area (Å²) < 4.78 is 10.5. The molecule has 1 atom stereocenters.